The molecule has 0 bridgehead atoms. The second kappa shape index (κ2) is 9.18. The molecule has 0 spiro atoms. The Kier molecular flexibility index (Phi) is 6.32. The third-order valence-electron chi connectivity index (χ3n) is 5.54. The summed E-state index contributed by atoms with van der Waals surface area (Å²) < 4.78 is 40.0. The van der Waals surface area contributed by atoms with Crippen LogP contribution in [0.25, 0.3) is 10.9 Å². The number of fused-ring (bicyclic) bond motifs is 1. The van der Waals surface area contributed by atoms with Gasteiger partial charge in [-0.3, -0.25) is 14.3 Å². The van der Waals surface area contributed by atoms with Crippen molar-refractivity contribution < 1.29 is 27.9 Å². The highest BCUT2D eigenvalue weighted by molar-refractivity contribution is 6.03. The van der Waals surface area contributed by atoms with Crippen LogP contribution in [0.15, 0.2) is 42.6 Å². The third-order valence-corrected chi connectivity index (χ3v) is 5.54. The molecule has 0 saturated carbocycles. The fourth-order valence-corrected chi connectivity index (χ4v) is 3.90. The highest BCUT2D eigenvalue weighted by Crippen LogP contribution is 2.27. The number of anilines is 1. The van der Waals surface area contributed by atoms with Gasteiger partial charge in [-0.1, -0.05) is 6.07 Å². The van der Waals surface area contributed by atoms with Crippen molar-refractivity contribution in [2.24, 2.45) is 0 Å². The SMILES string of the molecule is O=C(Nc1ccc2nn(CC(=O)N3CCCCC3CO)cc2c1)c1cccc(C(F)(F)F)n1. The molecule has 1 aliphatic heterocycles. The number of nitrogens with one attached hydrogen (secondary N) is 1. The van der Waals surface area contributed by atoms with Crippen molar-refractivity contribution >= 4 is 28.4 Å². The molecule has 8 nitrogen and oxygen atoms in total. The second-order valence-corrected chi connectivity index (χ2v) is 7.88. The van der Waals surface area contributed by atoms with Crippen molar-refractivity contribution in [2.45, 2.75) is 38.0 Å². The molecule has 33 heavy (non-hydrogen) atoms. The van der Waals surface area contributed by atoms with Crippen LogP contribution >= 0.6 is 0 Å². The van der Waals surface area contributed by atoms with Crippen LogP contribution in [0.2, 0.25) is 0 Å². The summed E-state index contributed by atoms with van der Waals surface area (Å²) in [5.41, 5.74) is -0.552. The maximum Gasteiger partial charge on any atom is 0.433 e. The Balaban J connectivity index is 1.47. The summed E-state index contributed by atoms with van der Waals surface area (Å²) in [5, 5.41) is 17.1. The van der Waals surface area contributed by atoms with Gasteiger partial charge in [-0.25, -0.2) is 4.98 Å². The Morgan fingerprint density at radius 2 is 2.00 bits per heavy atom. The topological polar surface area (TPSA) is 100 Å². The molecule has 3 aromatic rings. The number of nitrogens with zero attached hydrogens (tertiary/aromatic N) is 4. The standard InChI is InChI=1S/C22H22F3N5O3/c23-22(24,25)19-6-3-5-18(27-19)21(33)26-15-7-8-17-14(10-15)11-29(28-17)12-20(32)30-9-2-1-4-16(30)13-31/h3,5-8,10-11,16,31H,1-2,4,9,12-13H2,(H,26,33). The Morgan fingerprint density at radius 3 is 2.76 bits per heavy atom. The van der Waals surface area contributed by atoms with E-state index in [1.54, 1.807) is 29.3 Å². The minimum atomic E-state index is -4.65. The maximum absolute atomic E-state index is 12.8. The van der Waals surface area contributed by atoms with E-state index in [0.717, 1.165) is 31.4 Å². The lowest BCUT2D eigenvalue weighted by molar-refractivity contribution is -0.141. The first-order valence-electron chi connectivity index (χ1n) is 10.5. The predicted octanol–water partition coefficient (Wildman–Crippen LogP) is 3.08. The van der Waals surface area contributed by atoms with E-state index >= 15 is 0 Å². The average Bonchev–Trinajstić information content (AvgIpc) is 3.20. The predicted molar refractivity (Wildman–Crippen MR) is 113 cm³/mol. The number of alkyl halides is 3. The summed E-state index contributed by atoms with van der Waals surface area (Å²) in [6.45, 7) is 0.544. The van der Waals surface area contributed by atoms with Crippen molar-refractivity contribution in [3.8, 4) is 0 Å². The highest BCUT2D eigenvalue weighted by Gasteiger charge is 2.33. The number of carbonyl (C=O) groups excluding carboxylic acids is 2. The third kappa shape index (κ3) is 5.14. The van der Waals surface area contributed by atoms with Crippen LogP contribution in [0.3, 0.4) is 0 Å². The number of aliphatic hydroxyl groups is 1. The van der Waals surface area contributed by atoms with Gasteiger partial charge in [0, 0.05) is 23.8 Å². The van der Waals surface area contributed by atoms with Crippen LogP contribution in [-0.2, 0) is 17.5 Å². The number of hydrogen-bond donors (Lipinski definition) is 2. The van der Waals surface area contributed by atoms with E-state index < -0.39 is 17.8 Å². The van der Waals surface area contributed by atoms with Crippen LogP contribution in [0, 0.1) is 0 Å². The molecule has 1 aromatic carbocycles. The van der Waals surface area contributed by atoms with E-state index in [1.807, 2.05) is 0 Å². The van der Waals surface area contributed by atoms with Crippen molar-refractivity contribution in [1.82, 2.24) is 19.7 Å². The lowest BCUT2D eigenvalue weighted by atomic mass is 10.0. The van der Waals surface area contributed by atoms with Gasteiger partial charge in [-0.2, -0.15) is 18.3 Å². The molecule has 4 rings (SSSR count). The molecular weight excluding hydrogens is 439 g/mol. The first kappa shape index (κ1) is 22.7. The van der Waals surface area contributed by atoms with E-state index in [2.05, 4.69) is 15.4 Å². The smallest absolute Gasteiger partial charge is 0.394 e. The molecule has 1 aliphatic rings. The lowest BCUT2D eigenvalue weighted by Crippen LogP contribution is -2.46. The molecule has 0 aliphatic carbocycles. The molecule has 2 N–H and O–H groups in total. The van der Waals surface area contributed by atoms with Gasteiger partial charge in [0.15, 0.2) is 0 Å². The number of pyridine rings is 1. The summed E-state index contributed by atoms with van der Waals surface area (Å²) in [6, 6.07) is 7.77. The summed E-state index contributed by atoms with van der Waals surface area (Å²) in [6.07, 6.45) is -0.346. The van der Waals surface area contributed by atoms with Crippen LogP contribution in [0.5, 0.6) is 0 Å². The molecule has 1 saturated heterocycles. The molecule has 1 fully saturated rings. The van der Waals surface area contributed by atoms with Gasteiger partial charge in [0.25, 0.3) is 5.91 Å². The Bertz CT molecular complexity index is 1180. The number of hydrogen-bond acceptors (Lipinski definition) is 5. The van der Waals surface area contributed by atoms with Crippen LogP contribution in [0.1, 0.15) is 35.4 Å². The van der Waals surface area contributed by atoms with Crippen LogP contribution < -0.4 is 5.32 Å². The van der Waals surface area contributed by atoms with Gasteiger partial charge >= 0.3 is 6.18 Å². The fourth-order valence-electron chi connectivity index (χ4n) is 3.90. The largest absolute Gasteiger partial charge is 0.433 e. The van der Waals surface area contributed by atoms with Crippen LogP contribution in [0.4, 0.5) is 18.9 Å². The first-order chi connectivity index (χ1) is 15.7. The highest BCUT2D eigenvalue weighted by atomic mass is 19.4. The van der Waals surface area contributed by atoms with Crippen molar-refractivity contribution in [1.29, 1.82) is 0 Å². The molecule has 2 aromatic heterocycles. The number of amides is 2. The molecule has 1 unspecified atom stereocenters. The fraction of sp³-hybridized carbons (Fsp3) is 0.364. The number of likely N-dealkylation sites (tertiary alicyclic amines) is 1. The van der Waals surface area contributed by atoms with E-state index in [-0.39, 0.29) is 30.8 Å². The number of benzene rings is 1. The van der Waals surface area contributed by atoms with E-state index in [1.165, 1.54) is 10.7 Å². The van der Waals surface area contributed by atoms with Crippen molar-refractivity contribution in [2.75, 3.05) is 18.5 Å². The second-order valence-electron chi connectivity index (χ2n) is 7.88. The van der Waals surface area contributed by atoms with Gasteiger partial charge in [-0.15, -0.1) is 0 Å². The van der Waals surface area contributed by atoms with Crippen LogP contribution in [-0.4, -0.2) is 55.8 Å². The molecule has 11 heteroatoms. The lowest BCUT2D eigenvalue weighted by Gasteiger charge is -2.34. The van der Waals surface area contributed by atoms with Gasteiger partial charge in [0.2, 0.25) is 5.91 Å². The Hall–Kier alpha value is -3.47. The Morgan fingerprint density at radius 1 is 1.18 bits per heavy atom. The maximum atomic E-state index is 12.8. The first-order valence-corrected chi connectivity index (χ1v) is 10.5. The van der Waals surface area contributed by atoms with Crippen molar-refractivity contribution in [3.63, 3.8) is 0 Å². The normalized spacial score (nSPS) is 16.7. The monoisotopic (exact) mass is 461 g/mol. The summed E-state index contributed by atoms with van der Waals surface area (Å²) >= 11 is 0. The number of piperidine rings is 1. The molecule has 2 amide bonds. The zero-order chi connectivity index (χ0) is 23.6. The number of rotatable bonds is 5. The van der Waals surface area contributed by atoms with Gasteiger partial charge in [0.05, 0.1) is 18.2 Å². The zero-order valence-corrected chi connectivity index (χ0v) is 17.5. The molecular formula is C22H22F3N5O3. The summed E-state index contributed by atoms with van der Waals surface area (Å²) in [4.78, 5) is 30.1. The molecule has 174 valence electrons. The number of halogens is 3. The summed E-state index contributed by atoms with van der Waals surface area (Å²) in [5.74, 6) is -0.908. The number of carbonyl (C=O) groups is 2. The van der Waals surface area contributed by atoms with Crippen molar-refractivity contribution in [3.05, 3.63) is 54.0 Å². The zero-order valence-electron chi connectivity index (χ0n) is 17.5. The van der Waals surface area contributed by atoms with Gasteiger partial charge < -0.3 is 15.3 Å². The minimum absolute atomic E-state index is 0.0149. The molecule has 3 heterocycles. The Labute approximate surface area is 187 Å². The van der Waals surface area contributed by atoms with E-state index in [4.69, 9.17) is 0 Å². The van der Waals surface area contributed by atoms with Gasteiger partial charge in [0.1, 0.15) is 17.9 Å². The quantitative estimate of drug-likeness (QED) is 0.608. The summed E-state index contributed by atoms with van der Waals surface area (Å²) in [7, 11) is 0. The minimum Gasteiger partial charge on any atom is -0.394 e. The number of aromatic nitrogens is 3. The van der Waals surface area contributed by atoms with E-state index in [0.29, 0.717) is 23.1 Å². The number of aliphatic hydroxyl groups excluding tert-OH is 1. The molecule has 0 radical (unpaired) electrons. The molecule has 1 atom stereocenters. The average molecular weight is 461 g/mol. The van der Waals surface area contributed by atoms with E-state index in [9.17, 15) is 27.9 Å². The van der Waals surface area contributed by atoms with Gasteiger partial charge in [-0.05, 0) is 49.6 Å².